The molecule has 2 rings (SSSR count). The van der Waals surface area contributed by atoms with Crippen molar-refractivity contribution in [3.8, 4) is 0 Å². The Hall–Kier alpha value is -2.89. The number of pyridine rings is 1. The van der Waals surface area contributed by atoms with E-state index >= 15 is 0 Å². The second kappa shape index (κ2) is 8.28. The van der Waals surface area contributed by atoms with Crippen molar-refractivity contribution >= 4 is 23.2 Å². The van der Waals surface area contributed by atoms with Gasteiger partial charge in [-0.3, -0.25) is 14.6 Å². The summed E-state index contributed by atoms with van der Waals surface area (Å²) in [6.45, 7) is 4.63. The fraction of sp³-hybridized carbons (Fsp3) is 0.316. The molecule has 0 aliphatic rings. The third-order valence-corrected chi connectivity index (χ3v) is 3.57. The van der Waals surface area contributed by atoms with E-state index in [1.165, 1.54) is 12.3 Å². The van der Waals surface area contributed by atoms with Crippen molar-refractivity contribution < 1.29 is 9.59 Å². The van der Waals surface area contributed by atoms with Crippen molar-refractivity contribution in [1.29, 1.82) is 0 Å². The van der Waals surface area contributed by atoms with E-state index in [0.29, 0.717) is 23.7 Å². The topological polar surface area (TPSA) is 74.3 Å². The summed E-state index contributed by atoms with van der Waals surface area (Å²) in [6, 6.07) is 10.6. The molecule has 1 heterocycles. The zero-order valence-corrected chi connectivity index (χ0v) is 15.0. The maximum atomic E-state index is 12.4. The number of carbonyl (C=O) groups is 2. The fourth-order valence-electron chi connectivity index (χ4n) is 2.13. The number of hydrogen-bond donors (Lipinski definition) is 2. The van der Waals surface area contributed by atoms with Crippen LogP contribution in [0.3, 0.4) is 0 Å². The molecule has 1 aromatic heterocycles. The molecule has 0 fully saturated rings. The smallest absolute Gasteiger partial charge is 0.274 e. The third kappa shape index (κ3) is 5.31. The van der Waals surface area contributed by atoms with Crippen LogP contribution in [0.25, 0.3) is 0 Å². The van der Waals surface area contributed by atoms with E-state index < -0.39 is 0 Å². The summed E-state index contributed by atoms with van der Waals surface area (Å²) in [5.74, 6) is -0.199. The molecule has 0 saturated heterocycles. The summed E-state index contributed by atoms with van der Waals surface area (Å²) in [5.41, 5.74) is 2.34. The maximum absolute atomic E-state index is 12.4. The predicted molar refractivity (Wildman–Crippen MR) is 100 cm³/mol. The molecule has 25 heavy (non-hydrogen) atoms. The van der Waals surface area contributed by atoms with Gasteiger partial charge in [-0.15, -0.1) is 0 Å². The van der Waals surface area contributed by atoms with E-state index in [2.05, 4.69) is 15.6 Å². The van der Waals surface area contributed by atoms with E-state index in [1.807, 2.05) is 57.1 Å². The number of benzene rings is 1. The highest BCUT2D eigenvalue weighted by Gasteiger charge is 2.12. The standard InChI is InChI=1S/C19H24N4O2/c1-13(2)12-21-18(24)14-9-10-20-17(11-14)19(25)22-15-5-7-16(8-6-15)23(3)4/h5-11,13H,12H2,1-4H3,(H,21,24)(H,22,25). The van der Waals surface area contributed by atoms with Crippen LogP contribution in [-0.4, -0.2) is 37.4 Å². The van der Waals surface area contributed by atoms with Gasteiger partial charge < -0.3 is 15.5 Å². The Bertz CT molecular complexity index is 739. The van der Waals surface area contributed by atoms with E-state index in [9.17, 15) is 9.59 Å². The molecular formula is C19H24N4O2. The first-order valence-corrected chi connectivity index (χ1v) is 8.20. The lowest BCUT2D eigenvalue weighted by Crippen LogP contribution is -2.27. The lowest BCUT2D eigenvalue weighted by molar-refractivity contribution is 0.0949. The molecule has 2 aromatic rings. The monoisotopic (exact) mass is 340 g/mol. The van der Waals surface area contributed by atoms with Crippen molar-refractivity contribution in [2.24, 2.45) is 5.92 Å². The highest BCUT2D eigenvalue weighted by Crippen LogP contribution is 2.16. The van der Waals surface area contributed by atoms with E-state index in [0.717, 1.165) is 5.69 Å². The molecule has 2 amide bonds. The Morgan fingerprint density at radius 1 is 1.08 bits per heavy atom. The summed E-state index contributed by atoms with van der Waals surface area (Å²) < 4.78 is 0. The molecule has 1 aromatic carbocycles. The van der Waals surface area contributed by atoms with Crippen LogP contribution >= 0.6 is 0 Å². The van der Waals surface area contributed by atoms with Gasteiger partial charge in [-0.1, -0.05) is 13.8 Å². The molecule has 0 aliphatic carbocycles. The number of nitrogens with zero attached hydrogens (tertiary/aromatic N) is 2. The zero-order valence-electron chi connectivity index (χ0n) is 15.0. The Morgan fingerprint density at radius 2 is 1.76 bits per heavy atom. The second-order valence-electron chi connectivity index (χ2n) is 6.43. The van der Waals surface area contributed by atoms with Crippen LogP contribution in [0.4, 0.5) is 11.4 Å². The Kier molecular flexibility index (Phi) is 6.11. The summed E-state index contributed by atoms with van der Waals surface area (Å²) >= 11 is 0. The highest BCUT2D eigenvalue weighted by atomic mass is 16.2. The number of amides is 2. The van der Waals surface area contributed by atoms with Gasteiger partial charge in [0.1, 0.15) is 5.69 Å². The molecule has 0 aliphatic heterocycles. The number of nitrogens with one attached hydrogen (secondary N) is 2. The van der Waals surface area contributed by atoms with Gasteiger partial charge in [0, 0.05) is 43.8 Å². The molecule has 2 N–H and O–H groups in total. The van der Waals surface area contributed by atoms with E-state index in [4.69, 9.17) is 0 Å². The first kappa shape index (κ1) is 18.4. The minimum atomic E-state index is -0.351. The number of aromatic nitrogens is 1. The van der Waals surface area contributed by atoms with Gasteiger partial charge in [-0.05, 0) is 42.3 Å². The van der Waals surface area contributed by atoms with Crippen LogP contribution in [0.5, 0.6) is 0 Å². The number of anilines is 2. The quantitative estimate of drug-likeness (QED) is 0.848. The number of rotatable bonds is 6. The Morgan fingerprint density at radius 3 is 2.36 bits per heavy atom. The fourth-order valence-corrected chi connectivity index (χ4v) is 2.13. The average molecular weight is 340 g/mol. The lowest BCUT2D eigenvalue weighted by atomic mass is 10.2. The van der Waals surface area contributed by atoms with Crippen molar-refractivity contribution in [3.05, 3.63) is 53.9 Å². The summed E-state index contributed by atoms with van der Waals surface area (Å²) in [5, 5.41) is 5.62. The normalized spacial score (nSPS) is 10.4. The van der Waals surface area contributed by atoms with Gasteiger partial charge in [0.25, 0.3) is 11.8 Å². The van der Waals surface area contributed by atoms with Crippen LogP contribution in [0.1, 0.15) is 34.7 Å². The molecule has 0 atom stereocenters. The summed E-state index contributed by atoms with van der Waals surface area (Å²) in [7, 11) is 3.90. The third-order valence-electron chi connectivity index (χ3n) is 3.57. The molecule has 6 heteroatoms. The Balaban J connectivity index is 2.06. The minimum absolute atomic E-state index is 0.203. The number of hydrogen-bond acceptors (Lipinski definition) is 4. The largest absolute Gasteiger partial charge is 0.378 e. The van der Waals surface area contributed by atoms with Crippen LogP contribution in [0, 0.1) is 5.92 Å². The molecular weight excluding hydrogens is 316 g/mol. The number of carbonyl (C=O) groups excluding carboxylic acids is 2. The van der Waals surface area contributed by atoms with E-state index in [1.54, 1.807) is 6.07 Å². The van der Waals surface area contributed by atoms with Gasteiger partial charge in [-0.2, -0.15) is 0 Å². The summed E-state index contributed by atoms with van der Waals surface area (Å²) in [4.78, 5) is 30.5. The Labute approximate surface area is 148 Å². The molecule has 0 bridgehead atoms. The van der Waals surface area contributed by atoms with E-state index in [-0.39, 0.29) is 17.5 Å². The van der Waals surface area contributed by atoms with Gasteiger partial charge >= 0.3 is 0 Å². The molecule has 0 spiro atoms. The predicted octanol–water partition coefficient (Wildman–Crippen LogP) is 2.79. The average Bonchev–Trinajstić information content (AvgIpc) is 2.60. The first-order valence-electron chi connectivity index (χ1n) is 8.20. The molecule has 0 radical (unpaired) electrons. The van der Waals surface area contributed by atoms with Crippen molar-refractivity contribution in [2.75, 3.05) is 30.9 Å². The lowest BCUT2D eigenvalue weighted by Gasteiger charge is -2.13. The molecule has 0 saturated carbocycles. The van der Waals surface area contributed by atoms with Gasteiger partial charge in [-0.25, -0.2) is 0 Å². The molecule has 132 valence electrons. The minimum Gasteiger partial charge on any atom is -0.378 e. The van der Waals surface area contributed by atoms with Gasteiger partial charge in [0.2, 0.25) is 0 Å². The van der Waals surface area contributed by atoms with Gasteiger partial charge in [0.15, 0.2) is 0 Å². The van der Waals surface area contributed by atoms with Crippen molar-refractivity contribution in [1.82, 2.24) is 10.3 Å². The van der Waals surface area contributed by atoms with Crippen LogP contribution in [-0.2, 0) is 0 Å². The van der Waals surface area contributed by atoms with Crippen LogP contribution in [0.15, 0.2) is 42.6 Å². The summed E-state index contributed by atoms with van der Waals surface area (Å²) in [6.07, 6.45) is 1.47. The molecule has 6 nitrogen and oxygen atoms in total. The zero-order chi connectivity index (χ0) is 18.4. The van der Waals surface area contributed by atoms with Crippen LogP contribution < -0.4 is 15.5 Å². The van der Waals surface area contributed by atoms with Crippen molar-refractivity contribution in [3.63, 3.8) is 0 Å². The van der Waals surface area contributed by atoms with Crippen molar-refractivity contribution in [2.45, 2.75) is 13.8 Å². The van der Waals surface area contributed by atoms with Gasteiger partial charge in [0.05, 0.1) is 0 Å². The molecule has 0 unspecified atom stereocenters. The first-order chi connectivity index (χ1) is 11.9. The maximum Gasteiger partial charge on any atom is 0.274 e. The van der Waals surface area contributed by atoms with Crippen LogP contribution in [0.2, 0.25) is 0 Å². The highest BCUT2D eigenvalue weighted by molar-refractivity contribution is 6.04. The second-order valence-corrected chi connectivity index (χ2v) is 6.43. The SMILES string of the molecule is CC(C)CNC(=O)c1ccnc(C(=O)Nc2ccc(N(C)C)cc2)c1.